The van der Waals surface area contributed by atoms with Crippen LogP contribution in [-0.2, 0) is 0 Å². The van der Waals surface area contributed by atoms with E-state index in [9.17, 15) is 14.7 Å². The number of carboxylic acid groups (broad SMARTS) is 1. The minimum Gasteiger partial charge on any atom is -0.478 e. The van der Waals surface area contributed by atoms with Gasteiger partial charge in [-0.1, -0.05) is 12.1 Å². The first kappa shape index (κ1) is 15.1. The molecule has 2 N–H and O–H groups in total. The molecule has 0 fully saturated rings. The monoisotopic (exact) mass is 327 g/mol. The number of hydrogen-bond donors (Lipinski definition) is 2. The second-order valence-corrected chi connectivity index (χ2v) is 6.19. The number of benzene rings is 1. The van der Waals surface area contributed by atoms with Crippen molar-refractivity contribution in [3.8, 4) is 0 Å². The van der Waals surface area contributed by atoms with Crippen LogP contribution in [0.5, 0.6) is 0 Å². The van der Waals surface area contributed by atoms with E-state index in [1.165, 1.54) is 29.8 Å². The van der Waals surface area contributed by atoms with Gasteiger partial charge in [0.2, 0.25) is 0 Å². The molecule has 3 aromatic rings. The van der Waals surface area contributed by atoms with Crippen molar-refractivity contribution in [3.05, 3.63) is 52.2 Å². The zero-order chi connectivity index (χ0) is 16.6. The van der Waals surface area contributed by atoms with Gasteiger partial charge in [-0.15, -0.1) is 11.3 Å². The molecule has 0 bridgehead atoms. The predicted molar refractivity (Wildman–Crippen MR) is 88.2 cm³/mol. The number of amides is 1. The summed E-state index contributed by atoms with van der Waals surface area (Å²) in [6.45, 7) is 3.92. The van der Waals surface area contributed by atoms with Gasteiger partial charge in [-0.05, 0) is 31.5 Å². The molecule has 0 saturated carbocycles. The van der Waals surface area contributed by atoms with E-state index in [2.05, 4.69) is 15.3 Å². The zero-order valence-corrected chi connectivity index (χ0v) is 13.3. The standard InChI is InChI=1S/C16H13N3O3S/c1-8-9(2)23-15-12(8)13(17-7-18-15)19-14(20)10-5-3-4-6-11(10)16(21)22/h3-7H,1-2H3,(H,21,22)(H,17,18,19,20). The highest BCUT2D eigenvalue weighted by atomic mass is 32.1. The fourth-order valence-corrected chi connectivity index (χ4v) is 3.32. The van der Waals surface area contributed by atoms with Gasteiger partial charge in [-0.25, -0.2) is 14.8 Å². The van der Waals surface area contributed by atoms with E-state index in [-0.39, 0.29) is 11.1 Å². The second kappa shape index (κ2) is 5.77. The summed E-state index contributed by atoms with van der Waals surface area (Å²) >= 11 is 1.53. The highest BCUT2D eigenvalue weighted by molar-refractivity contribution is 7.18. The lowest BCUT2D eigenvalue weighted by Crippen LogP contribution is -2.17. The molecule has 1 aromatic carbocycles. The minimum atomic E-state index is -1.15. The molecule has 2 heterocycles. The van der Waals surface area contributed by atoms with E-state index in [4.69, 9.17) is 0 Å². The maximum Gasteiger partial charge on any atom is 0.336 e. The molecular formula is C16H13N3O3S. The summed E-state index contributed by atoms with van der Waals surface area (Å²) in [7, 11) is 0. The smallest absolute Gasteiger partial charge is 0.336 e. The average Bonchev–Trinajstić information content (AvgIpc) is 2.83. The van der Waals surface area contributed by atoms with E-state index in [0.717, 1.165) is 20.7 Å². The van der Waals surface area contributed by atoms with E-state index < -0.39 is 11.9 Å². The Morgan fingerprint density at radius 2 is 1.83 bits per heavy atom. The molecule has 116 valence electrons. The Kier molecular flexibility index (Phi) is 3.79. The third-order valence-corrected chi connectivity index (χ3v) is 4.71. The van der Waals surface area contributed by atoms with Crippen LogP contribution < -0.4 is 5.32 Å². The van der Waals surface area contributed by atoms with Gasteiger partial charge in [0.1, 0.15) is 17.0 Å². The van der Waals surface area contributed by atoms with Crippen LogP contribution >= 0.6 is 11.3 Å². The number of nitrogens with one attached hydrogen (secondary N) is 1. The van der Waals surface area contributed by atoms with Crippen LogP contribution in [0.2, 0.25) is 0 Å². The van der Waals surface area contributed by atoms with Gasteiger partial charge in [-0.2, -0.15) is 0 Å². The highest BCUT2D eigenvalue weighted by Crippen LogP contribution is 2.32. The number of rotatable bonds is 3. The number of fused-ring (bicyclic) bond motifs is 1. The molecule has 0 aliphatic carbocycles. The molecule has 0 spiro atoms. The lowest BCUT2D eigenvalue weighted by atomic mass is 10.1. The number of nitrogens with zero attached hydrogens (tertiary/aromatic N) is 2. The molecule has 1 amide bonds. The summed E-state index contributed by atoms with van der Waals surface area (Å²) < 4.78 is 0. The molecule has 7 heteroatoms. The first-order chi connectivity index (χ1) is 11.0. The van der Waals surface area contributed by atoms with Gasteiger partial charge in [0.25, 0.3) is 5.91 Å². The van der Waals surface area contributed by atoms with Gasteiger partial charge in [0.15, 0.2) is 0 Å². The third-order valence-electron chi connectivity index (χ3n) is 3.60. The van der Waals surface area contributed by atoms with Crippen LogP contribution in [0.4, 0.5) is 5.82 Å². The van der Waals surface area contributed by atoms with Gasteiger partial charge in [-0.3, -0.25) is 4.79 Å². The predicted octanol–water partition coefficient (Wildman–Crippen LogP) is 3.26. The van der Waals surface area contributed by atoms with Crippen molar-refractivity contribution in [2.45, 2.75) is 13.8 Å². The van der Waals surface area contributed by atoms with Crippen LogP contribution in [0.25, 0.3) is 10.2 Å². The number of aromatic carboxylic acids is 1. The van der Waals surface area contributed by atoms with Crippen molar-refractivity contribution < 1.29 is 14.7 Å². The number of aromatic nitrogens is 2. The van der Waals surface area contributed by atoms with Crippen molar-refractivity contribution in [1.29, 1.82) is 0 Å². The van der Waals surface area contributed by atoms with Crippen molar-refractivity contribution in [2.24, 2.45) is 0 Å². The van der Waals surface area contributed by atoms with Crippen LogP contribution in [0, 0.1) is 13.8 Å². The van der Waals surface area contributed by atoms with Crippen LogP contribution in [0.1, 0.15) is 31.2 Å². The number of aryl methyl sites for hydroxylation is 2. The molecule has 0 radical (unpaired) electrons. The molecule has 0 atom stereocenters. The number of hydrogen-bond acceptors (Lipinski definition) is 5. The molecule has 6 nitrogen and oxygen atoms in total. The molecule has 0 aliphatic rings. The topological polar surface area (TPSA) is 92.2 Å². The highest BCUT2D eigenvalue weighted by Gasteiger charge is 2.18. The lowest BCUT2D eigenvalue weighted by molar-refractivity contribution is 0.0692. The molecule has 0 unspecified atom stereocenters. The Morgan fingerprint density at radius 3 is 2.52 bits per heavy atom. The van der Waals surface area contributed by atoms with Gasteiger partial charge < -0.3 is 10.4 Å². The van der Waals surface area contributed by atoms with E-state index >= 15 is 0 Å². The maximum absolute atomic E-state index is 12.5. The zero-order valence-electron chi connectivity index (χ0n) is 12.5. The summed E-state index contributed by atoms with van der Waals surface area (Å²) in [6, 6.07) is 6.07. The third kappa shape index (κ3) is 2.66. The van der Waals surface area contributed by atoms with Crippen molar-refractivity contribution in [3.63, 3.8) is 0 Å². The largest absolute Gasteiger partial charge is 0.478 e. The Bertz CT molecular complexity index is 933. The number of carbonyl (C=O) groups is 2. The van der Waals surface area contributed by atoms with E-state index in [1.54, 1.807) is 12.1 Å². The van der Waals surface area contributed by atoms with Crippen LogP contribution in [0.3, 0.4) is 0 Å². The molecular weight excluding hydrogens is 314 g/mol. The fourth-order valence-electron chi connectivity index (χ4n) is 2.32. The second-order valence-electron chi connectivity index (χ2n) is 4.99. The Labute approximate surface area is 135 Å². The normalized spacial score (nSPS) is 10.7. The number of anilines is 1. The van der Waals surface area contributed by atoms with Gasteiger partial charge in [0.05, 0.1) is 16.5 Å². The summed E-state index contributed by atoms with van der Waals surface area (Å²) in [5, 5.41) is 12.7. The van der Waals surface area contributed by atoms with E-state index in [0.29, 0.717) is 5.82 Å². The van der Waals surface area contributed by atoms with Crippen LogP contribution in [-0.4, -0.2) is 27.0 Å². The van der Waals surface area contributed by atoms with Crippen molar-refractivity contribution in [2.75, 3.05) is 5.32 Å². The lowest BCUT2D eigenvalue weighted by Gasteiger charge is -2.08. The Morgan fingerprint density at radius 1 is 1.13 bits per heavy atom. The fraction of sp³-hybridized carbons (Fsp3) is 0.125. The van der Waals surface area contributed by atoms with Gasteiger partial charge >= 0.3 is 5.97 Å². The number of thiophene rings is 1. The molecule has 23 heavy (non-hydrogen) atoms. The van der Waals surface area contributed by atoms with Crippen molar-refractivity contribution >= 4 is 39.2 Å². The maximum atomic E-state index is 12.5. The summed E-state index contributed by atoms with van der Waals surface area (Å²) in [4.78, 5) is 34.0. The average molecular weight is 327 g/mol. The van der Waals surface area contributed by atoms with Crippen LogP contribution in [0.15, 0.2) is 30.6 Å². The SMILES string of the molecule is Cc1sc2ncnc(NC(=O)c3ccccc3C(=O)O)c2c1C. The summed E-state index contributed by atoms with van der Waals surface area (Å²) in [6.07, 6.45) is 1.39. The number of carbonyl (C=O) groups excluding carboxylic acids is 1. The Hall–Kier alpha value is -2.80. The summed E-state index contributed by atoms with van der Waals surface area (Å²) in [5.74, 6) is -1.26. The molecule has 3 rings (SSSR count). The molecule has 0 aliphatic heterocycles. The number of carboxylic acids is 1. The quantitative estimate of drug-likeness (QED) is 0.770. The van der Waals surface area contributed by atoms with Crippen molar-refractivity contribution in [1.82, 2.24) is 9.97 Å². The Balaban J connectivity index is 2.03. The molecule has 2 aromatic heterocycles. The molecule has 0 saturated heterocycles. The first-order valence-corrected chi connectivity index (χ1v) is 7.65. The first-order valence-electron chi connectivity index (χ1n) is 6.83. The van der Waals surface area contributed by atoms with Gasteiger partial charge in [0, 0.05) is 4.88 Å². The minimum absolute atomic E-state index is 0.0477. The van der Waals surface area contributed by atoms with E-state index in [1.807, 2.05) is 13.8 Å². The summed E-state index contributed by atoms with van der Waals surface area (Å²) in [5.41, 5.74) is 1.05.